The molecule has 1 aromatic carbocycles. The summed E-state index contributed by atoms with van der Waals surface area (Å²) in [5.41, 5.74) is 1.96. The van der Waals surface area contributed by atoms with E-state index in [-0.39, 0.29) is 0 Å². The average molecular weight is 198 g/mol. The topological polar surface area (TPSA) is 53.6 Å². The predicted octanol–water partition coefficient (Wildman–Crippen LogP) is 2.15. The van der Waals surface area contributed by atoms with Crippen LogP contribution in [0.1, 0.15) is 0 Å². The van der Waals surface area contributed by atoms with Crippen LogP contribution >= 0.6 is 0 Å². The lowest BCUT2D eigenvalue weighted by molar-refractivity contribution is 1.18. The molecule has 0 saturated carbocycles. The van der Waals surface area contributed by atoms with Gasteiger partial charge in [-0.15, -0.1) is 0 Å². The normalized spacial score (nSPS) is 11.0. The van der Waals surface area contributed by atoms with Gasteiger partial charge in [0.05, 0.1) is 0 Å². The fourth-order valence-electron chi connectivity index (χ4n) is 1.75. The van der Waals surface area contributed by atoms with Gasteiger partial charge >= 0.3 is 0 Å². The van der Waals surface area contributed by atoms with Crippen LogP contribution in [0.15, 0.2) is 30.5 Å². The summed E-state index contributed by atoms with van der Waals surface area (Å²) in [6.45, 7) is 0. The Morgan fingerprint density at radius 3 is 2.93 bits per heavy atom. The van der Waals surface area contributed by atoms with Gasteiger partial charge in [0, 0.05) is 29.5 Å². The number of nitrogens with one attached hydrogen (secondary N) is 2. The van der Waals surface area contributed by atoms with Crippen molar-refractivity contribution in [3.05, 3.63) is 30.5 Å². The van der Waals surface area contributed by atoms with Crippen molar-refractivity contribution in [2.45, 2.75) is 0 Å². The Bertz CT molecular complexity index is 627. The van der Waals surface area contributed by atoms with Gasteiger partial charge in [0.1, 0.15) is 5.65 Å². The van der Waals surface area contributed by atoms with E-state index in [2.05, 4.69) is 26.3 Å². The molecule has 0 fully saturated rings. The zero-order valence-corrected chi connectivity index (χ0v) is 8.28. The Hall–Kier alpha value is -2.10. The minimum Gasteiger partial charge on any atom is -0.357 e. The van der Waals surface area contributed by atoms with E-state index in [9.17, 15) is 0 Å². The molecular formula is C11H10N4. The molecule has 15 heavy (non-hydrogen) atoms. The van der Waals surface area contributed by atoms with Gasteiger partial charge in [-0.1, -0.05) is 18.2 Å². The summed E-state index contributed by atoms with van der Waals surface area (Å²) in [6, 6.07) is 8.12. The maximum absolute atomic E-state index is 4.35. The van der Waals surface area contributed by atoms with E-state index in [4.69, 9.17) is 0 Å². The van der Waals surface area contributed by atoms with Crippen molar-refractivity contribution in [2.24, 2.45) is 0 Å². The van der Waals surface area contributed by atoms with E-state index in [1.807, 2.05) is 31.4 Å². The molecule has 0 amide bonds. The highest BCUT2D eigenvalue weighted by molar-refractivity contribution is 6.05. The highest BCUT2D eigenvalue weighted by Gasteiger charge is 2.05. The number of benzene rings is 1. The van der Waals surface area contributed by atoms with Gasteiger partial charge in [-0.2, -0.15) is 4.98 Å². The maximum Gasteiger partial charge on any atom is 0.224 e. The highest BCUT2D eigenvalue weighted by Crippen LogP contribution is 2.23. The van der Waals surface area contributed by atoms with Crippen molar-refractivity contribution in [1.82, 2.24) is 15.0 Å². The molecule has 4 heteroatoms. The van der Waals surface area contributed by atoms with Crippen LogP contribution in [0, 0.1) is 0 Å². The standard InChI is InChI=1S/C11H10N4/c1-12-11-13-6-8-7-4-2-3-5-9(7)14-10(8)15-11/h2-6H,1H3,(H2,12,13,14,15). The quantitative estimate of drug-likeness (QED) is 0.630. The second-order valence-corrected chi connectivity index (χ2v) is 3.38. The number of hydrogen-bond acceptors (Lipinski definition) is 3. The largest absolute Gasteiger partial charge is 0.357 e. The second kappa shape index (κ2) is 2.95. The first-order valence-electron chi connectivity index (χ1n) is 4.80. The van der Waals surface area contributed by atoms with Crippen molar-refractivity contribution in [3.63, 3.8) is 0 Å². The monoisotopic (exact) mass is 198 g/mol. The number of nitrogens with zero attached hydrogens (tertiary/aromatic N) is 2. The van der Waals surface area contributed by atoms with Gasteiger partial charge in [0.25, 0.3) is 0 Å². The Kier molecular flexibility index (Phi) is 1.62. The van der Waals surface area contributed by atoms with Crippen LogP contribution in [0.4, 0.5) is 5.95 Å². The lowest BCUT2D eigenvalue weighted by atomic mass is 10.2. The van der Waals surface area contributed by atoms with Gasteiger partial charge in [-0.3, -0.25) is 0 Å². The molecule has 0 aliphatic carbocycles. The van der Waals surface area contributed by atoms with E-state index in [0.29, 0.717) is 5.95 Å². The fourth-order valence-corrected chi connectivity index (χ4v) is 1.75. The van der Waals surface area contributed by atoms with Crippen molar-refractivity contribution in [3.8, 4) is 0 Å². The van der Waals surface area contributed by atoms with Crippen LogP contribution in [-0.4, -0.2) is 22.0 Å². The molecule has 0 bridgehead atoms. The van der Waals surface area contributed by atoms with Crippen LogP contribution in [0.25, 0.3) is 21.9 Å². The van der Waals surface area contributed by atoms with Gasteiger partial charge in [-0.05, 0) is 6.07 Å². The molecule has 0 atom stereocenters. The third-order valence-electron chi connectivity index (χ3n) is 2.48. The van der Waals surface area contributed by atoms with Gasteiger partial charge < -0.3 is 10.3 Å². The third-order valence-corrected chi connectivity index (χ3v) is 2.48. The van der Waals surface area contributed by atoms with Gasteiger partial charge in [-0.25, -0.2) is 4.98 Å². The van der Waals surface area contributed by atoms with Crippen LogP contribution in [-0.2, 0) is 0 Å². The summed E-state index contributed by atoms with van der Waals surface area (Å²) in [7, 11) is 1.81. The first-order valence-corrected chi connectivity index (χ1v) is 4.80. The van der Waals surface area contributed by atoms with E-state index >= 15 is 0 Å². The summed E-state index contributed by atoms with van der Waals surface area (Å²) in [4.78, 5) is 11.8. The first-order chi connectivity index (χ1) is 7.38. The third kappa shape index (κ3) is 1.15. The molecule has 0 aliphatic heterocycles. The molecule has 0 unspecified atom stereocenters. The highest BCUT2D eigenvalue weighted by atomic mass is 15.1. The van der Waals surface area contributed by atoms with Crippen molar-refractivity contribution in [2.75, 3.05) is 12.4 Å². The second-order valence-electron chi connectivity index (χ2n) is 3.38. The van der Waals surface area contributed by atoms with Crippen LogP contribution < -0.4 is 5.32 Å². The minimum atomic E-state index is 0.633. The van der Waals surface area contributed by atoms with E-state index in [1.165, 1.54) is 0 Å². The minimum absolute atomic E-state index is 0.633. The number of H-pyrrole nitrogens is 1. The van der Waals surface area contributed by atoms with E-state index < -0.39 is 0 Å². The molecule has 0 saturated heterocycles. The predicted molar refractivity (Wildman–Crippen MR) is 60.9 cm³/mol. The summed E-state index contributed by atoms with van der Waals surface area (Å²) in [5.74, 6) is 0.633. The zero-order valence-electron chi connectivity index (χ0n) is 8.28. The van der Waals surface area contributed by atoms with Crippen LogP contribution in [0.5, 0.6) is 0 Å². The number of anilines is 1. The summed E-state index contributed by atoms with van der Waals surface area (Å²) in [6.07, 6.45) is 1.84. The molecule has 0 spiro atoms. The Balaban J connectivity index is 2.43. The zero-order chi connectivity index (χ0) is 10.3. The maximum atomic E-state index is 4.35. The summed E-state index contributed by atoms with van der Waals surface area (Å²) < 4.78 is 0. The van der Waals surface area contributed by atoms with Crippen LogP contribution in [0.2, 0.25) is 0 Å². The number of hydrogen-bond donors (Lipinski definition) is 2. The number of aromatic nitrogens is 3. The number of aromatic amines is 1. The van der Waals surface area contributed by atoms with E-state index in [0.717, 1.165) is 21.9 Å². The lowest BCUT2D eigenvalue weighted by Crippen LogP contribution is -1.94. The molecule has 3 aromatic rings. The molecule has 2 aromatic heterocycles. The molecule has 2 heterocycles. The Morgan fingerprint density at radius 2 is 2.07 bits per heavy atom. The first kappa shape index (κ1) is 8.23. The number of fused-ring (bicyclic) bond motifs is 3. The van der Waals surface area contributed by atoms with Gasteiger partial charge in [0.15, 0.2) is 0 Å². The van der Waals surface area contributed by atoms with E-state index in [1.54, 1.807) is 0 Å². The molecule has 74 valence electrons. The molecule has 2 N–H and O–H groups in total. The lowest BCUT2D eigenvalue weighted by Gasteiger charge is -1.95. The Labute approximate surface area is 86.4 Å². The fraction of sp³-hybridized carbons (Fsp3) is 0.0909. The summed E-state index contributed by atoms with van der Waals surface area (Å²) >= 11 is 0. The van der Waals surface area contributed by atoms with Gasteiger partial charge in [0.2, 0.25) is 5.95 Å². The molecule has 4 nitrogen and oxygen atoms in total. The van der Waals surface area contributed by atoms with Crippen molar-refractivity contribution in [1.29, 1.82) is 0 Å². The average Bonchev–Trinajstić information content (AvgIpc) is 2.66. The van der Waals surface area contributed by atoms with Crippen molar-refractivity contribution < 1.29 is 0 Å². The number of rotatable bonds is 1. The molecule has 0 aliphatic rings. The van der Waals surface area contributed by atoms with Crippen LogP contribution in [0.3, 0.4) is 0 Å². The molecule has 0 radical (unpaired) electrons. The summed E-state index contributed by atoms with van der Waals surface area (Å²) in [5, 5.41) is 5.14. The molecular weight excluding hydrogens is 188 g/mol. The van der Waals surface area contributed by atoms with Crippen molar-refractivity contribution >= 4 is 27.9 Å². The Morgan fingerprint density at radius 1 is 1.20 bits per heavy atom. The number of para-hydroxylation sites is 1. The molecule has 3 rings (SSSR count). The smallest absolute Gasteiger partial charge is 0.224 e. The SMILES string of the molecule is CNc1ncc2c(n1)[nH]c1ccccc12.